The first-order valence-corrected chi connectivity index (χ1v) is 6.84. The predicted molar refractivity (Wildman–Crippen MR) is 76.3 cm³/mol. The monoisotopic (exact) mass is 248 g/mol. The van der Waals surface area contributed by atoms with E-state index in [1.165, 1.54) is 30.5 Å². The molecule has 0 bridgehead atoms. The summed E-state index contributed by atoms with van der Waals surface area (Å²) in [6, 6.07) is 6.39. The molecule has 0 amide bonds. The zero-order chi connectivity index (χ0) is 13.0. The van der Waals surface area contributed by atoms with Gasteiger partial charge in [0, 0.05) is 13.1 Å². The lowest BCUT2D eigenvalue weighted by Gasteiger charge is -2.34. The van der Waals surface area contributed by atoms with Crippen LogP contribution in [0.1, 0.15) is 24.8 Å². The molecular weight excluding hydrogens is 224 g/mol. The van der Waals surface area contributed by atoms with Gasteiger partial charge in [-0.3, -0.25) is 0 Å². The van der Waals surface area contributed by atoms with Crippen molar-refractivity contribution in [3.05, 3.63) is 23.8 Å². The highest BCUT2D eigenvalue weighted by Gasteiger charge is 2.20. The molecule has 1 aliphatic heterocycles. The van der Waals surface area contributed by atoms with E-state index in [0.717, 1.165) is 31.3 Å². The van der Waals surface area contributed by atoms with Crippen molar-refractivity contribution < 1.29 is 4.74 Å². The number of piperidine rings is 1. The third kappa shape index (κ3) is 2.96. The molecule has 1 heterocycles. The van der Waals surface area contributed by atoms with Gasteiger partial charge in [0.05, 0.1) is 12.8 Å². The molecule has 2 rings (SSSR count). The van der Waals surface area contributed by atoms with Gasteiger partial charge >= 0.3 is 0 Å². The summed E-state index contributed by atoms with van der Waals surface area (Å²) < 4.78 is 5.47. The van der Waals surface area contributed by atoms with E-state index in [2.05, 4.69) is 30.0 Å². The van der Waals surface area contributed by atoms with Crippen molar-refractivity contribution in [2.45, 2.75) is 26.2 Å². The lowest BCUT2D eigenvalue weighted by molar-refractivity contribution is 0.378. The fraction of sp³-hybridized carbons (Fsp3) is 0.600. The number of rotatable bonds is 4. The highest BCUT2D eigenvalue weighted by Crippen LogP contribution is 2.32. The van der Waals surface area contributed by atoms with Crippen LogP contribution in [0.4, 0.5) is 5.69 Å². The van der Waals surface area contributed by atoms with Gasteiger partial charge in [-0.1, -0.05) is 6.07 Å². The van der Waals surface area contributed by atoms with Crippen LogP contribution in [0.5, 0.6) is 5.75 Å². The standard InChI is InChI=1S/C15H24N2O/c1-12-3-4-15(18-2)14(11-12)17-9-6-13(5-8-16)7-10-17/h3-4,11,13H,5-10,16H2,1-2H3. The molecule has 18 heavy (non-hydrogen) atoms. The van der Waals surface area contributed by atoms with E-state index in [-0.39, 0.29) is 0 Å². The Labute approximate surface area is 110 Å². The fourth-order valence-electron chi connectivity index (χ4n) is 2.75. The zero-order valence-corrected chi connectivity index (χ0v) is 11.5. The molecule has 1 aliphatic rings. The average Bonchev–Trinajstić information content (AvgIpc) is 2.40. The molecule has 2 N–H and O–H groups in total. The van der Waals surface area contributed by atoms with Crippen molar-refractivity contribution in [3.8, 4) is 5.75 Å². The Hall–Kier alpha value is -1.22. The van der Waals surface area contributed by atoms with Gasteiger partial charge in [0.15, 0.2) is 0 Å². The molecule has 0 saturated carbocycles. The Morgan fingerprint density at radius 1 is 1.33 bits per heavy atom. The second-order valence-electron chi connectivity index (χ2n) is 5.18. The van der Waals surface area contributed by atoms with E-state index in [4.69, 9.17) is 10.5 Å². The van der Waals surface area contributed by atoms with Crippen LogP contribution in [-0.2, 0) is 0 Å². The summed E-state index contributed by atoms with van der Waals surface area (Å²) in [5.74, 6) is 1.79. The highest BCUT2D eigenvalue weighted by molar-refractivity contribution is 5.60. The van der Waals surface area contributed by atoms with Crippen molar-refractivity contribution in [1.82, 2.24) is 0 Å². The Balaban J connectivity index is 2.06. The van der Waals surface area contributed by atoms with Gasteiger partial charge in [0.2, 0.25) is 0 Å². The molecule has 1 saturated heterocycles. The molecular formula is C15H24N2O. The van der Waals surface area contributed by atoms with Crippen molar-refractivity contribution in [2.75, 3.05) is 31.6 Å². The second-order valence-corrected chi connectivity index (χ2v) is 5.18. The lowest BCUT2D eigenvalue weighted by Crippen LogP contribution is -2.34. The average molecular weight is 248 g/mol. The number of aryl methyl sites for hydroxylation is 1. The fourth-order valence-corrected chi connectivity index (χ4v) is 2.75. The summed E-state index contributed by atoms with van der Waals surface area (Å²) in [4.78, 5) is 2.44. The Morgan fingerprint density at radius 2 is 2.06 bits per heavy atom. The van der Waals surface area contributed by atoms with Gasteiger partial charge in [0.1, 0.15) is 5.75 Å². The summed E-state index contributed by atoms with van der Waals surface area (Å²) in [5, 5.41) is 0. The molecule has 0 unspecified atom stereocenters. The van der Waals surface area contributed by atoms with Crippen LogP contribution >= 0.6 is 0 Å². The maximum absolute atomic E-state index is 5.64. The minimum Gasteiger partial charge on any atom is -0.495 e. The largest absolute Gasteiger partial charge is 0.495 e. The molecule has 0 aliphatic carbocycles. The minimum atomic E-state index is 0.807. The number of hydrogen-bond acceptors (Lipinski definition) is 3. The van der Waals surface area contributed by atoms with E-state index in [9.17, 15) is 0 Å². The Kier molecular flexibility index (Phi) is 4.48. The maximum Gasteiger partial charge on any atom is 0.142 e. The Bertz CT molecular complexity index is 384. The number of ether oxygens (including phenoxy) is 1. The maximum atomic E-state index is 5.64. The number of benzene rings is 1. The molecule has 1 fully saturated rings. The van der Waals surface area contributed by atoms with Gasteiger partial charge in [0.25, 0.3) is 0 Å². The van der Waals surface area contributed by atoms with Crippen molar-refractivity contribution in [1.29, 1.82) is 0 Å². The molecule has 100 valence electrons. The van der Waals surface area contributed by atoms with Crippen LogP contribution in [0, 0.1) is 12.8 Å². The van der Waals surface area contributed by atoms with Crippen LogP contribution in [-0.4, -0.2) is 26.7 Å². The SMILES string of the molecule is COc1ccc(C)cc1N1CCC(CCN)CC1. The zero-order valence-electron chi connectivity index (χ0n) is 11.5. The third-order valence-corrected chi connectivity index (χ3v) is 3.86. The van der Waals surface area contributed by atoms with Crippen molar-refractivity contribution in [3.63, 3.8) is 0 Å². The smallest absolute Gasteiger partial charge is 0.142 e. The molecule has 0 atom stereocenters. The normalized spacial score (nSPS) is 16.9. The first kappa shape index (κ1) is 13.2. The van der Waals surface area contributed by atoms with Crippen LogP contribution in [0.3, 0.4) is 0 Å². The van der Waals surface area contributed by atoms with Gasteiger partial charge in [-0.25, -0.2) is 0 Å². The number of nitrogens with zero attached hydrogens (tertiary/aromatic N) is 1. The summed E-state index contributed by atoms with van der Waals surface area (Å²) in [6.07, 6.45) is 3.65. The quantitative estimate of drug-likeness (QED) is 0.890. The summed E-state index contributed by atoms with van der Waals surface area (Å²) in [6.45, 7) is 5.18. The number of methoxy groups -OCH3 is 1. The number of anilines is 1. The van der Waals surface area contributed by atoms with E-state index in [0.29, 0.717) is 0 Å². The molecule has 3 heteroatoms. The summed E-state index contributed by atoms with van der Waals surface area (Å²) in [5.41, 5.74) is 8.16. The van der Waals surface area contributed by atoms with Crippen molar-refractivity contribution >= 4 is 5.69 Å². The van der Waals surface area contributed by atoms with E-state index in [1.54, 1.807) is 7.11 Å². The van der Waals surface area contributed by atoms with E-state index in [1.807, 2.05) is 0 Å². The predicted octanol–water partition coefficient (Wildman–Crippen LogP) is 2.57. The lowest BCUT2D eigenvalue weighted by atomic mass is 9.93. The molecule has 0 aromatic heterocycles. The Morgan fingerprint density at radius 3 is 2.67 bits per heavy atom. The first-order valence-electron chi connectivity index (χ1n) is 6.84. The van der Waals surface area contributed by atoms with Gasteiger partial charge in [-0.05, 0) is 56.3 Å². The first-order chi connectivity index (χ1) is 8.74. The second kappa shape index (κ2) is 6.10. The highest BCUT2D eigenvalue weighted by atomic mass is 16.5. The van der Waals surface area contributed by atoms with Crippen molar-refractivity contribution in [2.24, 2.45) is 11.7 Å². The molecule has 1 aromatic rings. The van der Waals surface area contributed by atoms with E-state index >= 15 is 0 Å². The topological polar surface area (TPSA) is 38.5 Å². The number of hydrogen-bond donors (Lipinski definition) is 1. The molecule has 3 nitrogen and oxygen atoms in total. The van der Waals surface area contributed by atoms with Gasteiger partial charge < -0.3 is 15.4 Å². The minimum absolute atomic E-state index is 0.807. The van der Waals surface area contributed by atoms with Gasteiger partial charge in [-0.2, -0.15) is 0 Å². The van der Waals surface area contributed by atoms with Crippen LogP contribution in [0.25, 0.3) is 0 Å². The van der Waals surface area contributed by atoms with Crippen LogP contribution < -0.4 is 15.4 Å². The molecule has 0 radical (unpaired) electrons. The van der Waals surface area contributed by atoms with Gasteiger partial charge in [-0.15, -0.1) is 0 Å². The summed E-state index contributed by atoms with van der Waals surface area (Å²) in [7, 11) is 1.75. The van der Waals surface area contributed by atoms with E-state index < -0.39 is 0 Å². The number of nitrogens with two attached hydrogens (primary N) is 1. The molecule has 0 spiro atoms. The van der Waals surface area contributed by atoms with Crippen LogP contribution in [0.2, 0.25) is 0 Å². The van der Waals surface area contributed by atoms with Crippen LogP contribution in [0.15, 0.2) is 18.2 Å². The third-order valence-electron chi connectivity index (χ3n) is 3.86. The summed E-state index contributed by atoms with van der Waals surface area (Å²) >= 11 is 0. The molecule has 1 aromatic carbocycles.